The minimum absolute atomic E-state index is 0. The molecule has 7 heteroatoms. The molecule has 1 aromatic rings. The van der Waals surface area contributed by atoms with E-state index in [1.54, 1.807) is 13.2 Å². The fourth-order valence-electron chi connectivity index (χ4n) is 1.09. The van der Waals surface area contributed by atoms with E-state index in [9.17, 15) is 0 Å². The van der Waals surface area contributed by atoms with Crippen LogP contribution in [0.5, 0.6) is 5.75 Å². The second-order valence-corrected chi connectivity index (χ2v) is 2.85. The smallest absolute Gasteiger partial charge is 0.411 e. The minimum Gasteiger partial charge on any atom is -1.00 e. The van der Waals surface area contributed by atoms with Crippen LogP contribution < -0.4 is 22.0 Å². The second-order valence-electron chi connectivity index (χ2n) is 2.85. The number of nitrogens with zero attached hydrogens (tertiary/aromatic N) is 3. The molecule has 0 N–H and O–H groups in total. The molecule has 0 aliphatic carbocycles. The minimum atomic E-state index is 0. The standard InChI is InChI=1S/C9H12N3O.2ClH.Zn/c1-12(2)9-5-4-7(13-3)6-8(9)11-10;;;/h4-6H,1-3H3;2*1H;/q+1;;;/p-1. The molecule has 1 rings (SSSR count). The average molecular weight is 316 g/mol. The first-order valence-electron chi connectivity index (χ1n) is 3.89. The van der Waals surface area contributed by atoms with Crippen LogP contribution in [0.25, 0.3) is 4.98 Å². The van der Waals surface area contributed by atoms with Gasteiger partial charge in [0, 0.05) is 33.6 Å². The van der Waals surface area contributed by atoms with E-state index in [0.717, 1.165) is 5.69 Å². The van der Waals surface area contributed by atoms with Crippen molar-refractivity contribution in [1.29, 1.82) is 5.39 Å². The molecule has 0 aliphatic rings. The number of rotatable bonds is 2. The van der Waals surface area contributed by atoms with E-state index in [2.05, 4.69) is 4.98 Å². The predicted molar refractivity (Wildman–Crippen MR) is 59.3 cm³/mol. The van der Waals surface area contributed by atoms with Gasteiger partial charge in [0.2, 0.25) is 5.39 Å². The van der Waals surface area contributed by atoms with Gasteiger partial charge in [-0.1, -0.05) is 0 Å². The molecule has 0 bridgehead atoms. The molecular formula is C9H13Cl2N3OZn. The fraction of sp³-hybridized carbons (Fsp3) is 0.333. The third-order valence-electron chi connectivity index (χ3n) is 1.77. The van der Waals surface area contributed by atoms with Gasteiger partial charge in [-0.15, -0.1) is 12.4 Å². The van der Waals surface area contributed by atoms with E-state index in [4.69, 9.17) is 10.1 Å². The normalized spacial score (nSPS) is 7.38. The summed E-state index contributed by atoms with van der Waals surface area (Å²) in [5, 5.41) is 8.73. The van der Waals surface area contributed by atoms with Crippen molar-refractivity contribution >= 4 is 23.8 Å². The number of anilines is 1. The van der Waals surface area contributed by atoms with E-state index in [0.29, 0.717) is 11.4 Å². The molecule has 4 nitrogen and oxygen atoms in total. The van der Waals surface area contributed by atoms with Gasteiger partial charge in [-0.25, -0.2) is 0 Å². The van der Waals surface area contributed by atoms with Crippen LogP contribution in [0.3, 0.4) is 0 Å². The van der Waals surface area contributed by atoms with Gasteiger partial charge >= 0.3 is 5.69 Å². The first kappa shape index (κ1) is 20.8. The quantitative estimate of drug-likeness (QED) is 0.554. The summed E-state index contributed by atoms with van der Waals surface area (Å²) in [4.78, 5) is 5.05. The summed E-state index contributed by atoms with van der Waals surface area (Å²) in [7, 11) is 5.35. The molecule has 0 unspecified atom stereocenters. The van der Waals surface area contributed by atoms with Gasteiger partial charge in [0.25, 0.3) is 0 Å². The SMILES string of the molecule is COc1ccc(N(C)C)c([N+]#N)c1.Cl.[Cl-].[Zn]. The van der Waals surface area contributed by atoms with E-state index in [1.807, 2.05) is 31.1 Å². The molecule has 86 valence electrons. The third-order valence-corrected chi connectivity index (χ3v) is 1.77. The molecule has 0 fully saturated rings. The number of diazo groups is 1. The van der Waals surface area contributed by atoms with E-state index >= 15 is 0 Å². The first-order valence-corrected chi connectivity index (χ1v) is 3.89. The van der Waals surface area contributed by atoms with Crippen molar-refractivity contribution in [2.75, 3.05) is 26.1 Å². The van der Waals surface area contributed by atoms with Crippen LogP contribution in [0.15, 0.2) is 18.2 Å². The van der Waals surface area contributed by atoms with Crippen molar-refractivity contribution in [2.45, 2.75) is 0 Å². The molecule has 1 aromatic carbocycles. The van der Waals surface area contributed by atoms with E-state index < -0.39 is 0 Å². The maximum Gasteiger partial charge on any atom is 0.411 e. The van der Waals surface area contributed by atoms with Crippen LogP contribution in [0, 0.1) is 5.39 Å². The van der Waals surface area contributed by atoms with Gasteiger partial charge in [0.15, 0.2) is 4.98 Å². The van der Waals surface area contributed by atoms with Crippen LogP contribution in [-0.4, -0.2) is 21.2 Å². The number of hydrogen-bond acceptors (Lipinski definition) is 3. The van der Waals surface area contributed by atoms with Crippen molar-refractivity contribution in [3.63, 3.8) is 0 Å². The summed E-state index contributed by atoms with van der Waals surface area (Å²) in [6.07, 6.45) is 0. The summed E-state index contributed by atoms with van der Waals surface area (Å²) in [5.41, 5.74) is 1.35. The number of benzene rings is 1. The van der Waals surface area contributed by atoms with Crippen LogP contribution in [0.2, 0.25) is 0 Å². The summed E-state index contributed by atoms with van der Waals surface area (Å²) < 4.78 is 5.00. The Labute approximate surface area is 121 Å². The summed E-state index contributed by atoms with van der Waals surface area (Å²) in [6.45, 7) is 0. The zero-order valence-corrected chi connectivity index (χ0v) is 14.0. The molecule has 0 spiro atoms. The van der Waals surface area contributed by atoms with Gasteiger partial charge in [0.05, 0.1) is 13.2 Å². The monoisotopic (exact) mass is 313 g/mol. The third kappa shape index (κ3) is 4.98. The van der Waals surface area contributed by atoms with Crippen molar-refractivity contribution in [3.8, 4) is 5.75 Å². The van der Waals surface area contributed by atoms with Crippen LogP contribution >= 0.6 is 12.4 Å². The largest absolute Gasteiger partial charge is 1.00 e. The summed E-state index contributed by atoms with van der Waals surface area (Å²) in [6, 6.07) is 5.34. The number of hydrogen-bond donors (Lipinski definition) is 0. The molecule has 0 atom stereocenters. The molecule has 0 saturated heterocycles. The first-order chi connectivity index (χ1) is 6.19. The van der Waals surface area contributed by atoms with Gasteiger partial charge in [-0.05, 0) is 12.1 Å². The Balaban J connectivity index is -0.000000563. The number of ether oxygens (including phenoxy) is 1. The topological polar surface area (TPSA) is 40.6 Å². The summed E-state index contributed by atoms with van der Waals surface area (Å²) >= 11 is 0. The Morgan fingerprint density at radius 2 is 1.88 bits per heavy atom. The number of halogens is 2. The fourth-order valence-corrected chi connectivity index (χ4v) is 1.09. The van der Waals surface area contributed by atoms with E-state index in [1.165, 1.54) is 0 Å². The molecule has 16 heavy (non-hydrogen) atoms. The van der Waals surface area contributed by atoms with Crippen molar-refractivity contribution < 1.29 is 36.6 Å². The molecular weight excluding hydrogens is 302 g/mol. The summed E-state index contributed by atoms with van der Waals surface area (Å²) in [5.74, 6) is 0.679. The Morgan fingerprint density at radius 1 is 1.31 bits per heavy atom. The Kier molecular flexibility index (Phi) is 12.6. The van der Waals surface area contributed by atoms with Gasteiger partial charge in [0.1, 0.15) is 11.4 Å². The van der Waals surface area contributed by atoms with Crippen LogP contribution in [-0.2, 0) is 19.5 Å². The molecule has 0 saturated carbocycles. The second kappa shape index (κ2) is 9.65. The Bertz CT molecular complexity index is 355. The maximum atomic E-state index is 8.73. The average Bonchev–Trinajstić information content (AvgIpc) is 2.16. The molecule has 0 amide bonds. The van der Waals surface area contributed by atoms with Gasteiger partial charge in [-0.2, -0.15) is 0 Å². The zero-order valence-electron chi connectivity index (χ0n) is 9.48. The Hall–Kier alpha value is -0.557. The molecule has 0 aromatic heterocycles. The van der Waals surface area contributed by atoms with Crippen molar-refractivity contribution in [2.24, 2.45) is 0 Å². The molecule has 0 radical (unpaired) electrons. The predicted octanol–water partition coefficient (Wildman–Crippen LogP) is -0.331. The van der Waals surface area contributed by atoms with Crippen molar-refractivity contribution in [3.05, 3.63) is 23.2 Å². The number of methoxy groups -OCH3 is 1. The van der Waals surface area contributed by atoms with Crippen LogP contribution in [0.1, 0.15) is 0 Å². The van der Waals surface area contributed by atoms with Gasteiger partial charge in [-0.3, -0.25) is 0 Å². The molecule has 0 heterocycles. The zero-order chi connectivity index (χ0) is 9.84. The van der Waals surface area contributed by atoms with Crippen LogP contribution in [0.4, 0.5) is 11.4 Å². The van der Waals surface area contributed by atoms with E-state index in [-0.39, 0.29) is 44.3 Å². The maximum absolute atomic E-state index is 8.73. The van der Waals surface area contributed by atoms with Gasteiger partial charge < -0.3 is 22.0 Å². The van der Waals surface area contributed by atoms with Crippen molar-refractivity contribution in [1.82, 2.24) is 0 Å². The molecule has 0 aliphatic heterocycles. The Morgan fingerprint density at radius 3 is 2.25 bits per heavy atom.